The van der Waals surface area contributed by atoms with E-state index in [-0.39, 0.29) is 28.9 Å². The molecule has 0 bridgehead atoms. The second kappa shape index (κ2) is 5.23. The van der Waals surface area contributed by atoms with Crippen molar-refractivity contribution in [2.24, 2.45) is 0 Å². The van der Waals surface area contributed by atoms with Gasteiger partial charge in [0.15, 0.2) is 0 Å². The average Bonchev–Trinajstić information content (AvgIpc) is 2.37. The Balaban J connectivity index is 2.33. The standard InChI is InChI=1S/C12H15N3O4/c1-8-7-14(5-6-19-8)12(16)9-3-2-4-10(13)11(9)15(17)18/h2-4,8H,5-7,13H2,1H3. The number of nitrogen functional groups attached to an aromatic ring is 1. The Hall–Kier alpha value is -2.15. The normalized spacial score (nSPS) is 19.2. The van der Waals surface area contributed by atoms with Crippen LogP contribution in [0.25, 0.3) is 0 Å². The lowest BCUT2D eigenvalue weighted by Gasteiger charge is -2.31. The minimum absolute atomic E-state index is 0.00263. The maximum Gasteiger partial charge on any atom is 0.304 e. The third kappa shape index (κ3) is 2.65. The van der Waals surface area contributed by atoms with Gasteiger partial charge >= 0.3 is 5.69 Å². The van der Waals surface area contributed by atoms with Crippen LogP contribution in [0.2, 0.25) is 0 Å². The molecule has 0 spiro atoms. The van der Waals surface area contributed by atoms with E-state index < -0.39 is 4.92 Å². The third-order valence-electron chi connectivity index (χ3n) is 3.01. The number of ether oxygens (including phenoxy) is 1. The van der Waals surface area contributed by atoms with E-state index in [2.05, 4.69) is 0 Å². The zero-order valence-electron chi connectivity index (χ0n) is 10.5. The van der Waals surface area contributed by atoms with E-state index in [9.17, 15) is 14.9 Å². The smallest absolute Gasteiger partial charge is 0.304 e. The predicted octanol–water partition coefficient (Wildman–Crippen LogP) is 1.04. The summed E-state index contributed by atoms with van der Waals surface area (Å²) in [6.45, 7) is 3.14. The van der Waals surface area contributed by atoms with Crippen LogP contribution in [0.15, 0.2) is 18.2 Å². The fourth-order valence-electron chi connectivity index (χ4n) is 2.11. The summed E-state index contributed by atoms with van der Waals surface area (Å²) >= 11 is 0. The number of carbonyl (C=O) groups excluding carboxylic acids is 1. The Morgan fingerprint density at radius 2 is 2.32 bits per heavy atom. The van der Waals surface area contributed by atoms with Gasteiger partial charge in [-0.05, 0) is 19.1 Å². The molecule has 1 aromatic carbocycles. The summed E-state index contributed by atoms with van der Waals surface area (Å²) in [5.41, 5.74) is 5.28. The van der Waals surface area contributed by atoms with Gasteiger partial charge in [-0.2, -0.15) is 0 Å². The zero-order valence-corrected chi connectivity index (χ0v) is 10.5. The molecule has 7 heteroatoms. The van der Waals surface area contributed by atoms with E-state index in [1.807, 2.05) is 6.92 Å². The van der Waals surface area contributed by atoms with Crippen LogP contribution in [0.4, 0.5) is 11.4 Å². The number of hydrogen-bond donors (Lipinski definition) is 1. The second-order valence-corrected chi connectivity index (χ2v) is 4.43. The van der Waals surface area contributed by atoms with Gasteiger partial charge in [-0.1, -0.05) is 6.07 Å². The summed E-state index contributed by atoms with van der Waals surface area (Å²) in [7, 11) is 0. The van der Waals surface area contributed by atoms with Crippen LogP contribution < -0.4 is 5.73 Å². The molecule has 1 aromatic rings. The van der Waals surface area contributed by atoms with Crippen LogP contribution in [0.5, 0.6) is 0 Å². The number of nitro groups is 1. The Morgan fingerprint density at radius 3 is 2.95 bits per heavy atom. The van der Waals surface area contributed by atoms with Crippen LogP contribution in [0.1, 0.15) is 17.3 Å². The summed E-state index contributed by atoms with van der Waals surface area (Å²) < 4.78 is 5.34. The first kappa shape index (κ1) is 13.3. The number of nitrogens with zero attached hydrogens (tertiary/aromatic N) is 2. The maximum absolute atomic E-state index is 12.3. The number of carbonyl (C=O) groups is 1. The molecule has 1 amide bonds. The molecule has 1 atom stereocenters. The third-order valence-corrected chi connectivity index (χ3v) is 3.01. The van der Waals surface area contributed by atoms with Crippen LogP contribution in [-0.4, -0.2) is 41.5 Å². The molecule has 102 valence electrons. The fourth-order valence-corrected chi connectivity index (χ4v) is 2.11. The monoisotopic (exact) mass is 265 g/mol. The Labute approximate surface area is 110 Å². The van der Waals surface area contributed by atoms with Crippen molar-refractivity contribution < 1.29 is 14.5 Å². The Kier molecular flexibility index (Phi) is 3.66. The minimum Gasteiger partial charge on any atom is -0.393 e. The molecule has 2 rings (SSSR count). The van der Waals surface area contributed by atoms with E-state index in [1.54, 1.807) is 11.0 Å². The first-order valence-corrected chi connectivity index (χ1v) is 5.94. The van der Waals surface area contributed by atoms with Crippen molar-refractivity contribution in [1.29, 1.82) is 0 Å². The number of hydrogen-bond acceptors (Lipinski definition) is 5. The van der Waals surface area contributed by atoms with Crippen LogP contribution in [0.3, 0.4) is 0 Å². The first-order chi connectivity index (χ1) is 9.00. The van der Waals surface area contributed by atoms with Crippen LogP contribution >= 0.6 is 0 Å². The predicted molar refractivity (Wildman–Crippen MR) is 68.8 cm³/mol. The van der Waals surface area contributed by atoms with Gasteiger partial charge in [-0.15, -0.1) is 0 Å². The van der Waals surface area contributed by atoms with Crippen molar-refractivity contribution in [3.05, 3.63) is 33.9 Å². The molecule has 0 aliphatic carbocycles. The van der Waals surface area contributed by atoms with Crippen molar-refractivity contribution in [3.63, 3.8) is 0 Å². The van der Waals surface area contributed by atoms with Crippen molar-refractivity contribution in [2.75, 3.05) is 25.4 Å². The molecule has 0 saturated carbocycles. The molecule has 0 aromatic heterocycles. The Bertz CT molecular complexity index is 518. The lowest BCUT2D eigenvalue weighted by Crippen LogP contribution is -2.44. The van der Waals surface area contributed by atoms with Gasteiger partial charge in [0.1, 0.15) is 11.3 Å². The number of nitro benzene ring substituents is 1. The summed E-state index contributed by atoms with van der Waals surface area (Å²) in [5.74, 6) is -0.380. The van der Waals surface area contributed by atoms with Gasteiger partial charge in [-0.3, -0.25) is 14.9 Å². The van der Waals surface area contributed by atoms with E-state index in [0.29, 0.717) is 19.7 Å². The highest BCUT2D eigenvalue weighted by atomic mass is 16.6. The lowest BCUT2D eigenvalue weighted by molar-refractivity contribution is -0.384. The highest BCUT2D eigenvalue weighted by Gasteiger charge is 2.29. The lowest BCUT2D eigenvalue weighted by atomic mass is 10.1. The van der Waals surface area contributed by atoms with Crippen molar-refractivity contribution in [2.45, 2.75) is 13.0 Å². The second-order valence-electron chi connectivity index (χ2n) is 4.43. The van der Waals surface area contributed by atoms with Gasteiger partial charge in [0.25, 0.3) is 5.91 Å². The quantitative estimate of drug-likeness (QED) is 0.489. The topological polar surface area (TPSA) is 98.7 Å². The van der Waals surface area contributed by atoms with Gasteiger partial charge in [0.2, 0.25) is 0 Å². The van der Waals surface area contributed by atoms with Crippen LogP contribution in [-0.2, 0) is 4.74 Å². The summed E-state index contributed by atoms with van der Waals surface area (Å²) in [6, 6.07) is 4.38. The highest BCUT2D eigenvalue weighted by molar-refractivity contribution is 6.00. The molecule has 1 fully saturated rings. The first-order valence-electron chi connectivity index (χ1n) is 5.94. The van der Waals surface area contributed by atoms with E-state index >= 15 is 0 Å². The molecule has 1 aliphatic heterocycles. The molecule has 19 heavy (non-hydrogen) atoms. The number of benzene rings is 1. The fraction of sp³-hybridized carbons (Fsp3) is 0.417. The summed E-state index contributed by atoms with van der Waals surface area (Å²) in [5, 5.41) is 11.0. The number of amides is 1. The van der Waals surface area contributed by atoms with E-state index in [0.717, 1.165) is 0 Å². The maximum atomic E-state index is 12.3. The van der Waals surface area contributed by atoms with Gasteiger partial charge in [0, 0.05) is 13.1 Å². The van der Waals surface area contributed by atoms with Gasteiger partial charge < -0.3 is 15.4 Å². The molecule has 7 nitrogen and oxygen atoms in total. The molecule has 1 heterocycles. The number of anilines is 1. The summed E-state index contributed by atoms with van der Waals surface area (Å²) in [4.78, 5) is 24.3. The molecular formula is C12H15N3O4. The van der Waals surface area contributed by atoms with E-state index in [1.165, 1.54) is 12.1 Å². The molecule has 2 N–H and O–H groups in total. The zero-order chi connectivity index (χ0) is 14.0. The Morgan fingerprint density at radius 1 is 1.58 bits per heavy atom. The highest BCUT2D eigenvalue weighted by Crippen LogP contribution is 2.27. The number of para-hydroxylation sites is 1. The SMILES string of the molecule is CC1CN(C(=O)c2cccc(N)c2[N+](=O)[O-])CCO1. The number of nitrogens with two attached hydrogens (primary N) is 1. The molecule has 1 aliphatic rings. The molecule has 1 unspecified atom stereocenters. The minimum atomic E-state index is -0.619. The van der Waals surface area contributed by atoms with Crippen molar-refractivity contribution >= 4 is 17.3 Å². The molecule has 1 saturated heterocycles. The van der Waals surface area contributed by atoms with Gasteiger partial charge in [0.05, 0.1) is 17.6 Å². The molecular weight excluding hydrogens is 250 g/mol. The molecule has 0 radical (unpaired) electrons. The number of morpholine rings is 1. The van der Waals surface area contributed by atoms with Crippen molar-refractivity contribution in [3.8, 4) is 0 Å². The number of rotatable bonds is 2. The summed E-state index contributed by atoms with van der Waals surface area (Å²) in [6.07, 6.45) is -0.0715. The average molecular weight is 265 g/mol. The van der Waals surface area contributed by atoms with Gasteiger partial charge in [-0.25, -0.2) is 0 Å². The van der Waals surface area contributed by atoms with Crippen LogP contribution in [0, 0.1) is 10.1 Å². The van der Waals surface area contributed by atoms with E-state index in [4.69, 9.17) is 10.5 Å². The van der Waals surface area contributed by atoms with Crippen molar-refractivity contribution in [1.82, 2.24) is 4.90 Å². The largest absolute Gasteiger partial charge is 0.393 e.